The van der Waals surface area contributed by atoms with Crippen molar-refractivity contribution < 1.29 is 29.4 Å². The van der Waals surface area contributed by atoms with Crippen molar-refractivity contribution in [2.45, 2.75) is 53.0 Å². The lowest BCUT2D eigenvalue weighted by Gasteiger charge is -2.19. The van der Waals surface area contributed by atoms with Crippen LogP contribution in [0.4, 0.5) is 0 Å². The SMILES string of the molecule is CC(C)CC(CC(=O)O)C(=O)NCCC(=O)N[C@H](C(=O)O)C(C)C. The summed E-state index contributed by atoms with van der Waals surface area (Å²) in [6.07, 6.45) is 0.118. The van der Waals surface area contributed by atoms with Crippen molar-refractivity contribution in [2.75, 3.05) is 6.54 Å². The van der Waals surface area contributed by atoms with E-state index in [0.29, 0.717) is 6.42 Å². The zero-order valence-electron chi connectivity index (χ0n) is 14.7. The van der Waals surface area contributed by atoms with E-state index >= 15 is 0 Å². The zero-order chi connectivity index (χ0) is 18.9. The minimum atomic E-state index is -1.11. The summed E-state index contributed by atoms with van der Waals surface area (Å²) in [5.41, 5.74) is 0. The number of aliphatic carboxylic acids is 2. The topological polar surface area (TPSA) is 133 Å². The molecule has 0 heterocycles. The molecule has 4 N–H and O–H groups in total. The van der Waals surface area contributed by atoms with E-state index in [1.54, 1.807) is 13.8 Å². The van der Waals surface area contributed by atoms with E-state index in [1.807, 2.05) is 13.8 Å². The van der Waals surface area contributed by atoms with Crippen molar-refractivity contribution >= 4 is 23.8 Å². The second-order valence-electron chi connectivity index (χ2n) is 6.59. The maximum Gasteiger partial charge on any atom is 0.326 e. The molecule has 0 aliphatic carbocycles. The Bertz CT molecular complexity index is 461. The summed E-state index contributed by atoms with van der Waals surface area (Å²) in [6.45, 7) is 7.19. The van der Waals surface area contributed by atoms with Crippen molar-refractivity contribution in [3.63, 3.8) is 0 Å². The monoisotopic (exact) mass is 344 g/mol. The third-order valence-electron chi connectivity index (χ3n) is 3.45. The van der Waals surface area contributed by atoms with E-state index in [4.69, 9.17) is 10.2 Å². The van der Waals surface area contributed by atoms with Gasteiger partial charge in [-0.2, -0.15) is 0 Å². The quantitative estimate of drug-likeness (QED) is 0.439. The highest BCUT2D eigenvalue weighted by molar-refractivity contribution is 5.85. The lowest BCUT2D eigenvalue weighted by atomic mass is 9.93. The molecule has 2 amide bonds. The summed E-state index contributed by atoms with van der Waals surface area (Å²) >= 11 is 0. The molecule has 0 aromatic carbocycles. The summed E-state index contributed by atoms with van der Waals surface area (Å²) < 4.78 is 0. The van der Waals surface area contributed by atoms with E-state index in [0.717, 1.165) is 0 Å². The fourth-order valence-corrected chi connectivity index (χ4v) is 2.27. The first kappa shape index (κ1) is 21.9. The molecular weight excluding hydrogens is 316 g/mol. The van der Waals surface area contributed by atoms with Gasteiger partial charge in [-0.1, -0.05) is 27.7 Å². The van der Waals surface area contributed by atoms with Crippen LogP contribution in [0, 0.1) is 17.8 Å². The van der Waals surface area contributed by atoms with Crippen molar-refractivity contribution in [3.05, 3.63) is 0 Å². The van der Waals surface area contributed by atoms with Crippen LogP contribution >= 0.6 is 0 Å². The standard InChI is InChI=1S/C16H28N2O6/c1-9(2)7-11(8-13(20)21)15(22)17-6-5-12(19)18-14(10(3)4)16(23)24/h9-11,14H,5-8H2,1-4H3,(H,17,22)(H,18,19)(H,20,21)(H,23,24)/t11?,14-/m0/s1. The highest BCUT2D eigenvalue weighted by Crippen LogP contribution is 2.15. The normalized spacial score (nSPS) is 13.4. The van der Waals surface area contributed by atoms with E-state index in [9.17, 15) is 19.2 Å². The van der Waals surface area contributed by atoms with Crippen LogP contribution in [0.1, 0.15) is 47.0 Å². The molecule has 0 spiro atoms. The lowest BCUT2D eigenvalue weighted by Crippen LogP contribution is -2.45. The largest absolute Gasteiger partial charge is 0.481 e. The number of carbonyl (C=O) groups is 4. The Hall–Kier alpha value is -2.12. The van der Waals surface area contributed by atoms with Gasteiger partial charge < -0.3 is 20.8 Å². The Morgan fingerprint density at radius 1 is 1.00 bits per heavy atom. The van der Waals surface area contributed by atoms with Gasteiger partial charge >= 0.3 is 11.9 Å². The van der Waals surface area contributed by atoms with Gasteiger partial charge in [-0.3, -0.25) is 14.4 Å². The Balaban J connectivity index is 4.40. The number of nitrogens with one attached hydrogen (secondary N) is 2. The highest BCUT2D eigenvalue weighted by atomic mass is 16.4. The van der Waals surface area contributed by atoms with Crippen LogP contribution in [0.15, 0.2) is 0 Å². The molecule has 24 heavy (non-hydrogen) atoms. The molecule has 0 aromatic rings. The van der Waals surface area contributed by atoms with Crippen molar-refractivity contribution in [2.24, 2.45) is 17.8 Å². The predicted octanol–water partition coefficient (Wildman–Crippen LogP) is 0.855. The zero-order valence-corrected chi connectivity index (χ0v) is 14.7. The Morgan fingerprint density at radius 3 is 2.00 bits per heavy atom. The van der Waals surface area contributed by atoms with Gasteiger partial charge in [-0.05, 0) is 18.3 Å². The van der Waals surface area contributed by atoms with Crippen LogP contribution < -0.4 is 10.6 Å². The molecular formula is C16H28N2O6. The third kappa shape index (κ3) is 9.12. The molecule has 0 aromatic heterocycles. The van der Waals surface area contributed by atoms with Gasteiger partial charge in [-0.15, -0.1) is 0 Å². The summed E-state index contributed by atoms with van der Waals surface area (Å²) in [4.78, 5) is 45.6. The molecule has 0 aliphatic rings. The molecule has 0 saturated carbocycles. The Kier molecular flexibility index (Phi) is 9.68. The maximum absolute atomic E-state index is 12.0. The number of hydrogen-bond donors (Lipinski definition) is 4. The van der Waals surface area contributed by atoms with Gasteiger partial charge in [-0.25, -0.2) is 4.79 Å². The first-order valence-corrected chi connectivity index (χ1v) is 8.06. The second-order valence-corrected chi connectivity index (χ2v) is 6.59. The molecule has 2 atom stereocenters. The number of carboxylic acids is 2. The number of carbonyl (C=O) groups excluding carboxylic acids is 2. The summed E-state index contributed by atoms with van der Waals surface area (Å²) in [5.74, 6) is -3.77. The number of hydrogen-bond acceptors (Lipinski definition) is 4. The van der Waals surface area contributed by atoms with Gasteiger partial charge in [0.15, 0.2) is 0 Å². The minimum absolute atomic E-state index is 0.0311. The molecule has 0 fully saturated rings. The molecule has 8 nitrogen and oxygen atoms in total. The third-order valence-corrected chi connectivity index (χ3v) is 3.45. The fourth-order valence-electron chi connectivity index (χ4n) is 2.27. The Morgan fingerprint density at radius 2 is 1.58 bits per heavy atom. The van der Waals surface area contributed by atoms with Gasteiger partial charge in [0.25, 0.3) is 0 Å². The van der Waals surface area contributed by atoms with Crippen LogP contribution in [-0.2, 0) is 19.2 Å². The van der Waals surface area contributed by atoms with Crippen molar-refractivity contribution in [1.29, 1.82) is 0 Å². The molecule has 0 rings (SSSR count). The first-order chi connectivity index (χ1) is 11.0. The molecule has 1 unspecified atom stereocenters. The maximum atomic E-state index is 12.0. The molecule has 8 heteroatoms. The van der Waals surface area contributed by atoms with E-state index < -0.39 is 35.7 Å². The molecule has 0 radical (unpaired) electrons. The lowest BCUT2D eigenvalue weighted by molar-refractivity contribution is -0.143. The van der Waals surface area contributed by atoms with Gasteiger partial charge in [0.2, 0.25) is 11.8 Å². The van der Waals surface area contributed by atoms with Crippen LogP contribution in [0.3, 0.4) is 0 Å². The molecule has 0 bridgehead atoms. The Labute approximate surface area is 142 Å². The first-order valence-electron chi connectivity index (χ1n) is 8.06. The van der Waals surface area contributed by atoms with Crippen molar-refractivity contribution in [3.8, 4) is 0 Å². The van der Waals surface area contributed by atoms with E-state index in [2.05, 4.69) is 10.6 Å². The van der Waals surface area contributed by atoms with Gasteiger partial charge in [0.1, 0.15) is 6.04 Å². The molecule has 138 valence electrons. The fraction of sp³-hybridized carbons (Fsp3) is 0.750. The van der Waals surface area contributed by atoms with Gasteiger partial charge in [0, 0.05) is 18.9 Å². The van der Waals surface area contributed by atoms with E-state index in [1.165, 1.54) is 0 Å². The summed E-state index contributed by atoms with van der Waals surface area (Å²) in [7, 11) is 0. The van der Waals surface area contributed by atoms with Crippen LogP contribution in [0.25, 0.3) is 0 Å². The highest BCUT2D eigenvalue weighted by Gasteiger charge is 2.24. The van der Waals surface area contributed by atoms with Crippen LogP contribution in [-0.4, -0.2) is 46.6 Å². The van der Waals surface area contributed by atoms with E-state index in [-0.39, 0.29) is 31.2 Å². The second kappa shape index (κ2) is 10.6. The summed E-state index contributed by atoms with van der Waals surface area (Å²) in [6, 6.07) is -0.978. The average Bonchev–Trinajstić information content (AvgIpc) is 2.42. The minimum Gasteiger partial charge on any atom is -0.481 e. The smallest absolute Gasteiger partial charge is 0.326 e. The van der Waals surface area contributed by atoms with Crippen LogP contribution in [0.2, 0.25) is 0 Å². The van der Waals surface area contributed by atoms with Gasteiger partial charge in [0.05, 0.1) is 6.42 Å². The number of amides is 2. The number of carboxylic acid groups (broad SMARTS) is 2. The van der Waals surface area contributed by atoms with Crippen LogP contribution in [0.5, 0.6) is 0 Å². The van der Waals surface area contributed by atoms with Crippen molar-refractivity contribution in [1.82, 2.24) is 10.6 Å². The predicted molar refractivity (Wildman–Crippen MR) is 87.2 cm³/mol. The average molecular weight is 344 g/mol. The number of rotatable bonds is 11. The summed E-state index contributed by atoms with van der Waals surface area (Å²) in [5, 5.41) is 22.8. The molecule has 0 saturated heterocycles. The molecule has 0 aliphatic heterocycles.